The maximum Gasteiger partial charge on any atom is 0.222 e. The molecule has 0 saturated heterocycles. The van der Waals surface area contributed by atoms with Crippen LogP contribution in [0.3, 0.4) is 0 Å². The molecule has 0 unspecified atom stereocenters. The Balaban J connectivity index is 1.92. The zero-order valence-electron chi connectivity index (χ0n) is 9.78. The summed E-state index contributed by atoms with van der Waals surface area (Å²) >= 11 is 0. The lowest BCUT2D eigenvalue weighted by molar-refractivity contribution is 0.881. The van der Waals surface area contributed by atoms with Gasteiger partial charge in [0, 0.05) is 11.8 Å². The highest BCUT2D eigenvalue weighted by Gasteiger charge is 2.05. The average Bonchev–Trinajstić information content (AvgIpc) is 3.02. The summed E-state index contributed by atoms with van der Waals surface area (Å²) < 4.78 is 0. The second-order valence-corrected chi connectivity index (χ2v) is 3.86. The molecule has 0 fully saturated rings. The topological polar surface area (TPSA) is 91.1 Å². The number of tetrazole rings is 1. The van der Waals surface area contributed by atoms with Gasteiger partial charge in [0.2, 0.25) is 5.82 Å². The number of pyridine rings is 1. The standard InChI is InChI=1S/C13H8N6/c14-7-9-1-3-10(4-2-9)11-5-6-12(15-8-11)13-16-18-19-17-13/h1-6,8H,(H,16,17,18,19). The van der Waals surface area contributed by atoms with Crippen molar-refractivity contribution in [3.05, 3.63) is 48.2 Å². The molecule has 0 aliphatic rings. The first-order valence-corrected chi connectivity index (χ1v) is 5.57. The van der Waals surface area contributed by atoms with Gasteiger partial charge in [0.1, 0.15) is 5.69 Å². The largest absolute Gasteiger partial charge is 0.252 e. The summed E-state index contributed by atoms with van der Waals surface area (Å²) in [4.78, 5) is 4.29. The molecule has 0 bridgehead atoms. The molecule has 6 nitrogen and oxygen atoms in total. The van der Waals surface area contributed by atoms with E-state index in [9.17, 15) is 0 Å². The highest BCUT2D eigenvalue weighted by atomic mass is 15.5. The molecule has 1 N–H and O–H groups in total. The van der Waals surface area contributed by atoms with Crippen LogP contribution in [0.5, 0.6) is 0 Å². The molecule has 2 aromatic heterocycles. The number of H-pyrrole nitrogens is 1. The number of benzene rings is 1. The highest BCUT2D eigenvalue weighted by Crippen LogP contribution is 2.20. The van der Waals surface area contributed by atoms with Crippen LogP contribution in [0.15, 0.2) is 42.6 Å². The zero-order valence-corrected chi connectivity index (χ0v) is 9.78. The third kappa shape index (κ3) is 2.17. The molecule has 0 aliphatic carbocycles. The molecular formula is C13H8N6. The van der Waals surface area contributed by atoms with Crippen molar-refractivity contribution in [1.29, 1.82) is 5.26 Å². The fraction of sp³-hybridized carbons (Fsp3) is 0. The van der Waals surface area contributed by atoms with Crippen molar-refractivity contribution in [1.82, 2.24) is 25.6 Å². The summed E-state index contributed by atoms with van der Waals surface area (Å²) in [5.41, 5.74) is 3.27. The number of nitriles is 1. The van der Waals surface area contributed by atoms with Gasteiger partial charge in [0.25, 0.3) is 0 Å². The minimum Gasteiger partial charge on any atom is -0.252 e. The predicted octanol–water partition coefficient (Wildman–Crippen LogP) is 1.80. The van der Waals surface area contributed by atoms with Gasteiger partial charge < -0.3 is 0 Å². The monoisotopic (exact) mass is 248 g/mol. The normalized spacial score (nSPS) is 10.1. The van der Waals surface area contributed by atoms with Crippen LogP contribution in [0, 0.1) is 11.3 Å². The smallest absolute Gasteiger partial charge is 0.222 e. The number of nitrogens with one attached hydrogen (secondary N) is 1. The number of nitrogens with zero attached hydrogens (tertiary/aromatic N) is 5. The van der Waals surface area contributed by atoms with Crippen LogP contribution in [-0.2, 0) is 0 Å². The van der Waals surface area contributed by atoms with Gasteiger partial charge in [-0.15, -0.1) is 10.2 Å². The summed E-state index contributed by atoms with van der Waals surface area (Å²) in [7, 11) is 0. The van der Waals surface area contributed by atoms with Crippen molar-refractivity contribution >= 4 is 0 Å². The SMILES string of the molecule is N#Cc1ccc(-c2ccc(-c3nn[nH]n3)nc2)cc1. The van der Waals surface area contributed by atoms with Crippen molar-refractivity contribution in [2.24, 2.45) is 0 Å². The molecule has 2 heterocycles. The van der Waals surface area contributed by atoms with Crippen LogP contribution in [0.1, 0.15) is 5.56 Å². The molecule has 0 aliphatic heterocycles. The van der Waals surface area contributed by atoms with Crippen LogP contribution in [-0.4, -0.2) is 25.6 Å². The Labute approximate surface area is 108 Å². The molecule has 0 saturated carbocycles. The molecule has 0 atom stereocenters. The Kier molecular flexibility index (Phi) is 2.71. The molecule has 90 valence electrons. The first-order valence-electron chi connectivity index (χ1n) is 5.57. The quantitative estimate of drug-likeness (QED) is 0.746. The van der Waals surface area contributed by atoms with Gasteiger partial charge in [-0.25, -0.2) is 0 Å². The van der Waals surface area contributed by atoms with Gasteiger partial charge in [-0.1, -0.05) is 18.2 Å². The van der Waals surface area contributed by atoms with Crippen LogP contribution < -0.4 is 0 Å². The molecule has 3 rings (SSSR count). The fourth-order valence-electron chi connectivity index (χ4n) is 1.70. The second kappa shape index (κ2) is 4.66. The first kappa shape index (κ1) is 11.0. The number of hydrogen-bond acceptors (Lipinski definition) is 5. The number of aromatic amines is 1. The van der Waals surface area contributed by atoms with E-state index in [4.69, 9.17) is 5.26 Å². The average molecular weight is 248 g/mol. The van der Waals surface area contributed by atoms with E-state index in [0.717, 1.165) is 11.1 Å². The van der Waals surface area contributed by atoms with E-state index in [2.05, 4.69) is 31.7 Å². The third-order valence-electron chi connectivity index (χ3n) is 2.69. The lowest BCUT2D eigenvalue weighted by Crippen LogP contribution is -1.87. The summed E-state index contributed by atoms with van der Waals surface area (Å²) in [6, 6.07) is 13.2. The van der Waals surface area contributed by atoms with E-state index in [1.807, 2.05) is 24.3 Å². The van der Waals surface area contributed by atoms with E-state index in [1.54, 1.807) is 18.3 Å². The summed E-state index contributed by atoms with van der Waals surface area (Å²) in [6.45, 7) is 0. The Morgan fingerprint density at radius 1 is 1.00 bits per heavy atom. The first-order chi connectivity index (χ1) is 9.36. The maximum absolute atomic E-state index is 8.76. The van der Waals surface area contributed by atoms with Crippen molar-refractivity contribution in [2.45, 2.75) is 0 Å². The van der Waals surface area contributed by atoms with Gasteiger partial charge in [0.15, 0.2) is 0 Å². The van der Waals surface area contributed by atoms with Crippen LogP contribution in [0.4, 0.5) is 0 Å². The number of aromatic nitrogens is 5. The van der Waals surface area contributed by atoms with E-state index < -0.39 is 0 Å². The van der Waals surface area contributed by atoms with Crippen molar-refractivity contribution in [2.75, 3.05) is 0 Å². The molecule has 0 spiro atoms. The Bertz CT molecular complexity index is 707. The molecule has 0 radical (unpaired) electrons. The van der Waals surface area contributed by atoms with Crippen molar-refractivity contribution < 1.29 is 0 Å². The third-order valence-corrected chi connectivity index (χ3v) is 2.69. The molecule has 6 heteroatoms. The minimum atomic E-state index is 0.464. The van der Waals surface area contributed by atoms with E-state index in [-0.39, 0.29) is 0 Å². The number of rotatable bonds is 2. The van der Waals surface area contributed by atoms with Gasteiger partial charge in [0.05, 0.1) is 11.6 Å². The highest BCUT2D eigenvalue weighted by molar-refractivity contribution is 5.65. The molecule has 19 heavy (non-hydrogen) atoms. The fourth-order valence-corrected chi connectivity index (χ4v) is 1.70. The van der Waals surface area contributed by atoms with Gasteiger partial charge >= 0.3 is 0 Å². The Hall–Kier alpha value is -3.07. The van der Waals surface area contributed by atoms with Crippen molar-refractivity contribution in [3.63, 3.8) is 0 Å². The van der Waals surface area contributed by atoms with Gasteiger partial charge in [-0.3, -0.25) is 4.98 Å². The van der Waals surface area contributed by atoms with Crippen LogP contribution in [0.2, 0.25) is 0 Å². The van der Waals surface area contributed by atoms with Crippen molar-refractivity contribution in [3.8, 4) is 28.7 Å². The number of hydrogen-bond donors (Lipinski definition) is 1. The predicted molar refractivity (Wildman–Crippen MR) is 67.6 cm³/mol. The second-order valence-electron chi connectivity index (χ2n) is 3.86. The molecule has 1 aromatic carbocycles. The van der Waals surface area contributed by atoms with E-state index in [0.29, 0.717) is 17.1 Å². The van der Waals surface area contributed by atoms with Gasteiger partial charge in [-0.2, -0.15) is 10.5 Å². The minimum absolute atomic E-state index is 0.464. The molecule has 3 aromatic rings. The molecular weight excluding hydrogens is 240 g/mol. The maximum atomic E-state index is 8.76. The Morgan fingerprint density at radius 2 is 1.79 bits per heavy atom. The van der Waals surface area contributed by atoms with Crippen LogP contribution in [0.25, 0.3) is 22.6 Å². The summed E-state index contributed by atoms with van der Waals surface area (Å²) in [5.74, 6) is 0.464. The van der Waals surface area contributed by atoms with Crippen LogP contribution >= 0.6 is 0 Å². The summed E-state index contributed by atoms with van der Waals surface area (Å²) in [6.07, 6.45) is 1.74. The van der Waals surface area contributed by atoms with Gasteiger partial charge in [-0.05, 0) is 29.0 Å². The van der Waals surface area contributed by atoms with E-state index in [1.165, 1.54) is 0 Å². The summed E-state index contributed by atoms with van der Waals surface area (Å²) in [5, 5.41) is 22.4. The Morgan fingerprint density at radius 3 is 2.37 bits per heavy atom. The lowest BCUT2D eigenvalue weighted by atomic mass is 10.1. The van der Waals surface area contributed by atoms with E-state index >= 15 is 0 Å². The molecule has 0 amide bonds. The zero-order chi connectivity index (χ0) is 13.1. The lowest BCUT2D eigenvalue weighted by Gasteiger charge is -2.01.